The maximum absolute atomic E-state index is 12.8. The molecule has 0 spiro atoms. The van der Waals surface area contributed by atoms with Crippen LogP contribution in [-0.4, -0.2) is 33.9 Å². The molecule has 2 aromatic rings. The number of carbonyl (C=O) groups excluding carboxylic acids is 2. The van der Waals surface area contributed by atoms with Gasteiger partial charge in [-0.3, -0.25) is 14.8 Å². The first-order chi connectivity index (χ1) is 11.6. The molecule has 0 aromatic heterocycles. The van der Waals surface area contributed by atoms with Crippen LogP contribution >= 0.6 is 11.8 Å². The number of fused-ring (bicyclic) bond motifs is 1. The van der Waals surface area contributed by atoms with Gasteiger partial charge in [0, 0.05) is 4.90 Å². The van der Waals surface area contributed by atoms with Gasteiger partial charge in [0.05, 0.1) is 10.9 Å². The van der Waals surface area contributed by atoms with Crippen molar-refractivity contribution < 1.29 is 19.9 Å². The molecule has 0 fully saturated rings. The van der Waals surface area contributed by atoms with Gasteiger partial charge in [-0.25, -0.2) is 5.48 Å². The maximum atomic E-state index is 12.8. The van der Waals surface area contributed by atoms with E-state index in [-0.39, 0.29) is 23.5 Å². The molecule has 124 valence electrons. The highest BCUT2D eigenvalue weighted by Gasteiger charge is 2.34. The lowest BCUT2D eigenvalue weighted by atomic mass is 10.1. The number of hydroxylamine groups is 1. The second kappa shape index (κ2) is 6.94. The van der Waals surface area contributed by atoms with E-state index in [2.05, 4.69) is 0 Å². The second-order valence-corrected chi connectivity index (χ2v) is 6.65. The molecule has 1 heterocycles. The number of thioether (sulfide) groups is 1. The van der Waals surface area contributed by atoms with E-state index in [1.807, 2.05) is 12.1 Å². The van der Waals surface area contributed by atoms with Gasteiger partial charge in [0.25, 0.3) is 5.91 Å². The van der Waals surface area contributed by atoms with Crippen LogP contribution in [0.25, 0.3) is 0 Å². The Bertz CT molecular complexity index is 763. The van der Waals surface area contributed by atoms with Crippen molar-refractivity contribution in [3.8, 4) is 5.75 Å². The van der Waals surface area contributed by atoms with Gasteiger partial charge in [-0.05, 0) is 36.2 Å². The average Bonchev–Trinajstić information content (AvgIpc) is 2.60. The quantitative estimate of drug-likeness (QED) is 0.583. The topological polar surface area (TPSA) is 89.9 Å². The van der Waals surface area contributed by atoms with Gasteiger partial charge >= 0.3 is 0 Å². The van der Waals surface area contributed by atoms with Gasteiger partial charge in [-0.15, -0.1) is 11.8 Å². The Morgan fingerprint density at radius 1 is 1.17 bits per heavy atom. The number of anilines is 1. The van der Waals surface area contributed by atoms with Gasteiger partial charge in [-0.2, -0.15) is 0 Å². The molecule has 1 atom stereocenters. The summed E-state index contributed by atoms with van der Waals surface area (Å²) in [5, 5.41) is 17.7. The first-order valence-corrected chi connectivity index (χ1v) is 8.24. The van der Waals surface area contributed by atoms with Crippen molar-refractivity contribution in [1.29, 1.82) is 0 Å². The van der Waals surface area contributed by atoms with Crippen LogP contribution in [0.1, 0.15) is 5.56 Å². The number of amides is 2. The Kier molecular flexibility index (Phi) is 4.73. The number of aromatic hydroxyl groups is 1. The van der Waals surface area contributed by atoms with Crippen molar-refractivity contribution in [3.05, 3.63) is 54.1 Å². The molecule has 0 bridgehead atoms. The zero-order valence-electron chi connectivity index (χ0n) is 12.7. The molecule has 2 aromatic carbocycles. The number of hydrogen-bond donors (Lipinski definition) is 3. The molecular weight excluding hydrogens is 328 g/mol. The minimum absolute atomic E-state index is 0.174. The zero-order chi connectivity index (χ0) is 17.1. The van der Waals surface area contributed by atoms with E-state index in [4.69, 9.17) is 5.21 Å². The molecule has 3 rings (SSSR count). The van der Waals surface area contributed by atoms with Crippen molar-refractivity contribution in [2.45, 2.75) is 16.6 Å². The van der Waals surface area contributed by atoms with Gasteiger partial charge in [0.1, 0.15) is 12.3 Å². The third-order valence-corrected chi connectivity index (χ3v) is 5.00. The Balaban J connectivity index is 1.88. The van der Waals surface area contributed by atoms with Gasteiger partial charge in [0.15, 0.2) is 0 Å². The highest BCUT2D eigenvalue weighted by molar-refractivity contribution is 8.01. The number of nitrogens with zero attached hydrogens (tertiary/aromatic N) is 1. The van der Waals surface area contributed by atoms with Gasteiger partial charge < -0.3 is 10.0 Å². The molecule has 6 nitrogen and oxygen atoms in total. The SMILES string of the molecule is O=C(CN1C(=O)C(Cc2ccc(O)cc2)Sc2ccccc21)NO. The second-order valence-electron chi connectivity index (χ2n) is 5.40. The summed E-state index contributed by atoms with van der Waals surface area (Å²) < 4.78 is 0. The monoisotopic (exact) mass is 344 g/mol. The maximum Gasteiger partial charge on any atom is 0.263 e. The third-order valence-electron chi connectivity index (χ3n) is 3.75. The molecule has 0 radical (unpaired) electrons. The van der Waals surface area contributed by atoms with Crippen molar-refractivity contribution >= 4 is 29.3 Å². The summed E-state index contributed by atoms with van der Waals surface area (Å²) in [4.78, 5) is 26.7. The summed E-state index contributed by atoms with van der Waals surface area (Å²) in [6.45, 7) is -0.237. The zero-order valence-corrected chi connectivity index (χ0v) is 13.5. The minimum atomic E-state index is -0.645. The number of benzene rings is 2. The van der Waals surface area contributed by atoms with Crippen molar-refractivity contribution in [3.63, 3.8) is 0 Å². The van der Waals surface area contributed by atoms with E-state index in [1.165, 1.54) is 16.7 Å². The Hall–Kier alpha value is -2.51. The van der Waals surface area contributed by atoms with E-state index < -0.39 is 5.91 Å². The summed E-state index contributed by atoms with van der Waals surface area (Å²) in [5.41, 5.74) is 3.15. The van der Waals surface area contributed by atoms with Gasteiger partial charge in [-0.1, -0.05) is 24.3 Å². The Morgan fingerprint density at radius 3 is 2.58 bits per heavy atom. The molecule has 0 saturated carbocycles. The number of nitrogens with one attached hydrogen (secondary N) is 1. The summed E-state index contributed by atoms with van der Waals surface area (Å²) in [7, 11) is 0. The van der Waals surface area contributed by atoms with Gasteiger partial charge in [0.2, 0.25) is 5.91 Å². The predicted molar refractivity (Wildman–Crippen MR) is 90.2 cm³/mol. The Morgan fingerprint density at radius 2 is 1.88 bits per heavy atom. The predicted octanol–water partition coefficient (Wildman–Crippen LogP) is 1.95. The molecule has 3 N–H and O–H groups in total. The molecule has 1 aliphatic rings. The third kappa shape index (κ3) is 3.37. The molecule has 24 heavy (non-hydrogen) atoms. The summed E-state index contributed by atoms with van der Waals surface area (Å²) in [6.07, 6.45) is 0.482. The number of phenolic OH excluding ortho intramolecular Hbond substituents is 1. The van der Waals surface area contributed by atoms with Crippen LogP contribution in [0.5, 0.6) is 5.75 Å². The van der Waals surface area contributed by atoms with Crippen LogP contribution in [0, 0.1) is 0 Å². The lowest BCUT2D eigenvalue weighted by Gasteiger charge is -2.33. The smallest absolute Gasteiger partial charge is 0.263 e. The number of carbonyl (C=O) groups is 2. The molecule has 1 aliphatic heterocycles. The molecule has 1 unspecified atom stereocenters. The number of rotatable bonds is 4. The molecule has 0 aliphatic carbocycles. The van der Waals surface area contributed by atoms with E-state index >= 15 is 0 Å². The number of para-hydroxylation sites is 1. The fourth-order valence-electron chi connectivity index (χ4n) is 2.59. The Labute approximate surface area is 143 Å². The van der Waals surface area contributed by atoms with Crippen LogP contribution in [0.3, 0.4) is 0 Å². The molecular formula is C17H16N2O4S. The molecule has 0 saturated heterocycles. The van der Waals surface area contributed by atoms with E-state index in [9.17, 15) is 14.7 Å². The van der Waals surface area contributed by atoms with Crippen molar-refractivity contribution in [1.82, 2.24) is 5.48 Å². The standard InChI is InChI=1S/C17H16N2O4S/c20-12-7-5-11(6-8-12)9-15-17(22)19(10-16(21)18-23)13-3-1-2-4-14(13)24-15/h1-8,15,20,23H,9-10H2,(H,18,21). The first-order valence-electron chi connectivity index (χ1n) is 7.36. The van der Waals surface area contributed by atoms with Crippen LogP contribution in [-0.2, 0) is 16.0 Å². The van der Waals surface area contributed by atoms with Crippen molar-refractivity contribution in [2.75, 3.05) is 11.4 Å². The molecule has 7 heteroatoms. The molecule has 2 amide bonds. The normalized spacial score (nSPS) is 16.6. The summed E-state index contributed by atoms with van der Waals surface area (Å²) in [5.74, 6) is -0.656. The van der Waals surface area contributed by atoms with E-state index in [0.29, 0.717) is 12.1 Å². The van der Waals surface area contributed by atoms with Crippen LogP contribution in [0.4, 0.5) is 5.69 Å². The van der Waals surface area contributed by atoms with Crippen LogP contribution in [0.15, 0.2) is 53.4 Å². The minimum Gasteiger partial charge on any atom is -0.508 e. The highest BCUT2D eigenvalue weighted by atomic mass is 32.2. The lowest BCUT2D eigenvalue weighted by molar-refractivity contribution is -0.129. The van der Waals surface area contributed by atoms with Crippen LogP contribution in [0.2, 0.25) is 0 Å². The van der Waals surface area contributed by atoms with Crippen molar-refractivity contribution in [2.24, 2.45) is 0 Å². The fraction of sp³-hybridized carbons (Fsp3) is 0.176. The van der Waals surface area contributed by atoms with E-state index in [1.54, 1.807) is 41.9 Å². The largest absolute Gasteiger partial charge is 0.508 e. The lowest BCUT2D eigenvalue weighted by Crippen LogP contribution is -2.46. The highest BCUT2D eigenvalue weighted by Crippen LogP contribution is 2.40. The first kappa shape index (κ1) is 16.4. The summed E-state index contributed by atoms with van der Waals surface area (Å²) >= 11 is 1.45. The summed E-state index contributed by atoms with van der Waals surface area (Å²) in [6, 6.07) is 14.1. The fourth-order valence-corrected chi connectivity index (χ4v) is 3.86. The van der Waals surface area contributed by atoms with E-state index in [0.717, 1.165) is 10.5 Å². The van der Waals surface area contributed by atoms with Crippen LogP contribution < -0.4 is 10.4 Å². The number of phenols is 1. The average molecular weight is 344 g/mol. The number of hydrogen-bond acceptors (Lipinski definition) is 5.